The number of nitrogens with two attached hydrogens (primary N) is 1. The minimum Gasteiger partial charge on any atom is -0.465 e. The van der Waals surface area contributed by atoms with Gasteiger partial charge in [0.15, 0.2) is 0 Å². The Morgan fingerprint density at radius 3 is 2.75 bits per heavy atom. The molecule has 0 saturated heterocycles. The van der Waals surface area contributed by atoms with E-state index in [2.05, 4.69) is 0 Å². The maximum atomic E-state index is 11.7. The third-order valence-corrected chi connectivity index (χ3v) is 3.16. The number of ether oxygens (including phenoxy) is 1. The van der Waals surface area contributed by atoms with Crippen molar-refractivity contribution in [2.45, 2.75) is 30.4 Å². The molecule has 0 aromatic heterocycles. The van der Waals surface area contributed by atoms with Crippen LogP contribution in [-0.2, 0) is 9.53 Å². The zero-order valence-corrected chi connectivity index (χ0v) is 10.6. The Labute approximate surface area is 100 Å². The Balaban J connectivity index is 2.75. The average Bonchev–Trinajstić information content (AvgIpc) is 2.17. The zero-order chi connectivity index (χ0) is 12.2. The van der Waals surface area contributed by atoms with Crippen molar-refractivity contribution in [1.29, 1.82) is 0 Å². The van der Waals surface area contributed by atoms with Gasteiger partial charge in [-0.05, 0) is 39.0 Å². The molecule has 2 N–H and O–H groups in total. The summed E-state index contributed by atoms with van der Waals surface area (Å²) in [5.41, 5.74) is 6.38. The molecule has 16 heavy (non-hydrogen) atoms. The van der Waals surface area contributed by atoms with Gasteiger partial charge in [0.25, 0.3) is 0 Å². The molecule has 0 atom stereocenters. The molecular weight excluding hydrogens is 222 g/mol. The van der Waals surface area contributed by atoms with Crippen LogP contribution in [0.1, 0.15) is 20.8 Å². The highest BCUT2D eigenvalue weighted by molar-refractivity contribution is 8.01. The Kier molecular flexibility index (Phi) is 4.24. The second-order valence-corrected chi connectivity index (χ2v) is 5.60. The van der Waals surface area contributed by atoms with Crippen molar-refractivity contribution >= 4 is 23.4 Å². The summed E-state index contributed by atoms with van der Waals surface area (Å²) >= 11 is 1.45. The molecule has 0 heterocycles. The summed E-state index contributed by atoms with van der Waals surface area (Å²) in [5.74, 6) is -0.206. The monoisotopic (exact) mass is 239 g/mol. The lowest BCUT2D eigenvalue weighted by molar-refractivity contribution is -0.145. The third kappa shape index (κ3) is 3.45. The van der Waals surface area contributed by atoms with Crippen molar-refractivity contribution in [3.63, 3.8) is 0 Å². The van der Waals surface area contributed by atoms with Gasteiger partial charge in [0.05, 0.1) is 6.61 Å². The van der Waals surface area contributed by atoms with E-state index in [0.29, 0.717) is 12.3 Å². The van der Waals surface area contributed by atoms with Gasteiger partial charge in [-0.1, -0.05) is 6.07 Å². The van der Waals surface area contributed by atoms with Gasteiger partial charge in [-0.3, -0.25) is 4.79 Å². The maximum Gasteiger partial charge on any atom is 0.321 e. The topological polar surface area (TPSA) is 52.3 Å². The first kappa shape index (κ1) is 12.9. The SMILES string of the molecule is CCOC(=O)C(C)(C)Sc1cccc(N)c1. The number of nitrogen functional groups attached to an aromatic ring is 1. The summed E-state index contributed by atoms with van der Waals surface area (Å²) in [6.45, 7) is 5.90. The summed E-state index contributed by atoms with van der Waals surface area (Å²) in [5, 5.41) is 0. The number of hydrogen-bond donors (Lipinski definition) is 1. The lowest BCUT2D eigenvalue weighted by atomic mass is 10.2. The molecule has 1 rings (SSSR count). The van der Waals surface area contributed by atoms with Gasteiger partial charge in [-0.15, -0.1) is 11.8 Å². The van der Waals surface area contributed by atoms with Crippen LogP contribution in [0.25, 0.3) is 0 Å². The molecule has 0 aliphatic rings. The summed E-state index contributed by atoms with van der Waals surface area (Å²) in [6, 6.07) is 7.48. The highest BCUT2D eigenvalue weighted by Gasteiger charge is 2.30. The molecular formula is C12H17NO2S. The number of anilines is 1. The first-order valence-electron chi connectivity index (χ1n) is 5.17. The maximum absolute atomic E-state index is 11.7. The summed E-state index contributed by atoms with van der Waals surface area (Å²) in [6.07, 6.45) is 0. The van der Waals surface area contributed by atoms with Gasteiger partial charge < -0.3 is 10.5 Å². The second-order valence-electron chi connectivity index (χ2n) is 3.91. The van der Waals surface area contributed by atoms with E-state index in [0.717, 1.165) is 4.90 Å². The Morgan fingerprint density at radius 1 is 1.50 bits per heavy atom. The molecule has 4 heteroatoms. The van der Waals surface area contributed by atoms with Crippen molar-refractivity contribution in [1.82, 2.24) is 0 Å². The van der Waals surface area contributed by atoms with Crippen LogP contribution in [0.3, 0.4) is 0 Å². The van der Waals surface area contributed by atoms with E-state index in [1.54, 1.807) is 6.92 Å². The first-order valence-corrected chi connectivity index (χ1v) is 5.99. The molecule has 0 saturated carbocycles. The summed E-state index contributed by atoms with van der Waals surface area (Å²) in [7, 11) is 0. The predicted molar refractivity (Wildman–Crippen MR) is 67.4 cm³/mol. The molecule has 0 fully saturated rings. The molecule has 0 bridgehead atoms. The molecule has 3 nitrogen and oxygen atoms in total. The van der Waals surface area contributed by atoms with E-state index < -0.39 is 4.75 Å². The molecule has 1 aromatic carbocycles. The summed E-state index contributed by atoms with van der Waals surface area (Å²) in [4.78, 5) is 12.7. The molecule has 0 spiro atoms. The lowest BCUT2D eigenvalue weighted by Crippen LogP contribution is -2.29. The van der Waals surface area contributed by atoms with Gasteiger partial charge >= 0.3 is 5.97 Å². The molecule has 88 valence electrons. The van der Waals surface area contributed by atoms with Crippen molar-refractivity contribution in [3.05, 3.63) is 24.3 Å². The highest BCUT2D eigenvalue weighted by atomic mass is 32.2. The van der Waals surface area contributed by atoms with Crippen molar-refractivity contribution in [2.75, 3.05) is 12.3 Å². The van der Waals surface area contributed by atoms with E-state index in [1.165, 1.54) is 11.8 Å². The molecule has 0 radical (unpaired) electrons. The van der Waals surface area contributed by atoms with Crippen LogP contribution in [0.15, 0.2) is 29.2 Å². The molecule has 0 aliphatic carbocycles. The molecule has 0 aliphatic heterocycles. The Bertz CT molecular complexity index is 377. The number of thioether (sulfide) groups is 1. The smallest absolute Gasteiger partial charge is 0.321 e. The van der Waals surface area contributed by atoms with Crippen molar-refractivity contribution in [2.24, 2.45) is 0 Å². The lowest BCUT2D eigenvalue weighted by Gasteiger charge is -2.21. The Morgan fingerprint density at radius 2 is 2.19 bits per heavy atom. The Hall–Kier alpha value is -1.16. The molecule has 0 unspecified atom stereocenters. The number of rotatable bonds is 4. The normalized spacial score (nSPS) is 11.2. The number of carbonyl (C=O) groups excluding carboxylic acids is 1. The predicted octanol–water partition coefficient (Wildman–Crippen LogP) is 2.70. The summed E-state index contributed by atoms with van der Waals surface area (Å²) < 4.78 is 4.42. The van der Waals surface area contributed by atoms with Crippen LogP contribution >= 0.6 is 11.8 Å². The van der Waals surface area contributed by atoms with Crippen molar-refractivity contribution < 1.29 is 9.53 Å². The number of hydrogen-bond acceptors (Lipinski definition) is 4. The fraction of sp³-hybridized carbons (Fsp3) is 0.417. The number of benzene rings is 1. The van der Waals surface area contributed by atoms with Crippen LogP contribution in [0.5, 0.6) is 0 Å². The van der Waals surface area contributed by atoms with Crippen LogP contribution in [0.4, 0.5) is 5.69 Å². The van der Waals surface area contributed by atoms with Gasteiger partial charge in [0, 0.05) is 10.6 Å². The van der Waals surface area contributed by atoms with E-state index >= 15 is 0 Å². The third-order valence-electron chi connectivity index (χ3n) is 2.00. The van der Waals surface area contributed by atoms with Gasteiger partial charge in [0.2, 0.25) is 0 Å². The van der Waals surface area contributed by atoms with Crippen molar-refractivity contribution in [3.8, 4) is 0 Å². The standard InChI is InChI=1S/C12H17NO2S/c1-4-15-11(14)12(2,3)16-10-7-5-6-9(13)8-10/h5-8H,4,13H2,1-3H3. The fourth-order valence-corrected chi connectivity index (χ4v) is 2.29. The quantitative estimate of drug-likeness (QED) is 0.498. The van der Waals surface area contributed by atoms with Gasteiger partial charge in [0.1, 0.15) is 4.75 Å². The molecule has 0 amide bonds. The second kappa shape index (κ2) is 5.25. The van der Waals surface area contributed by atoms with E-state index in [9.17, 15) is 4.79 Å². The van der Waals surface area contributed by atoms with Crippen LogP contribution < -0.4 is 5.73 Å². The minimum atomic E-state index is -0.593. The fourth-order valence-electron chi connectivity index (χ4n) is 1.22. The first-order chi connectivity index (χ1) is 7.45. The van der Waals surface area contributed by atoms with E-state index in [1.807, 2.05) is 38.1 Å². The van der Waals surface area contributed by atoms with Crippen LogP contribution in [-0.4, -0.2) is 17.3 Å². The van der Waals surface area contributed by atoms with Gasteiger partial charge in [-0.2, -0.15) is 0 Å². The minimum absolute atomic E-state index is 0.206. The van der Waals surface area contributed by atoms with Gasteiger partial charge in [-0.25, -0.2) is 0 Å². The largest absolute Gasteiger partial charge is 0.465 e. The van der Waals surface area contributed by atoms with E-state index in [-0.39, 0.29) is 5.97 Å². The zero-order valence-electron chi connectivity index (χ0n) is 9.82. The van der Waals surface area contributed by atoms with Crippen LogP contribution in [0.2, 0.25) is 0 Å². The average molecular weight is 239 g/mol. The molecule has 1 aromatic rings. The van der Waals surface area contributed by atoms with Crippen LogP contribution in [0, 0.1) is 0 Å². The highest BCUT2D eigenvalue weighted by Crippen LogP contribution is 2.34. The number of esters is 1. The van der Waals surface area contributed by atoms with E-state index in [4.69, 9.17) is 10.5 Å². The number of carbonyl (C=O) groups is 1.